The lowest BCUT2D eigenvalue weighted by Gasteiger charge is -2.17. The molecule has 3 aliphatic rings. The van der Waals surface area contributed by atoms with Crippen molar-refractivity contribution in [1.29, 1.82) is 0 Å². The summed E-state index contributed by atoms with van der Waals surface area (Å²) in [5.74, 6) is 2.52. The van der Waals surface area contributed by atoms with E-state index in [-0.39, 0.29) is 0 Å². The van der Waals surface area contributed by atoms with Crippen LogP contribution in [0.25, 0.3) is 0 Å². The molecule has 1 nitrogen and oxygen atoms in total. The smallest absolute Gasteiger partial charge is 0.172 e. The van der Waals surface area contributed by atoms with Crippen LogP contribution in [-0.4, -0.2) is 5.78 Å². The maximum atomic E-state index is 11.7. The Morgan fingerprint density at radius 3 is 2.83 bits per heavy atom. The fraction of sp³-hybridized carbons (Fsp3) is 0.500. The molecule has 1 fully saturated rings. The zero-order valence-electron chi connectivity index (χ0n) is 6.53. The van der Waals surface area contributed by atoms with E-state index in [4.69, 9.17) is 0 Å². The number of hydrogen-bond acceptors (Lipinski definition) is 1. The van der Waals surface area contributed by atoms with E-state index in [1.165, 1.54) is 6.42 Å². The molecule has 0 aromatic carbocycles. The Kier molecular flexibility index (Phi) is 1.35. The number of allylic oxidation sites excluding steroid dienone is 4. The van der Waals surface area contributed by atoms with Gasteiger partial charge in [0.05, 0.1) is 3.58 Å². The SMILES string of the molecule is O=C1C(I)=CC2C3C=CC(C3)C12. The Hall–Kier alpha value is -0.120. The summed E-state index contributed by atoms with van der Waals surface area (Å²) in [5, 5.41) is 0. The van der Waals surface area contributed by atoms with Gasteiger partial charge in [-0.05, 0) is 46.8 Å². The molecule has 0 aromatic heterocycles. The third kappa shape index (κ3) is 0.721. The molecule has 0 aromatic rings. The van der Waals surface area contributed by atoms with Gasteiger partial charge in [0.2, 0.25) is 0 Å². The molecule has 4 unspecified atom stereocenters. The number of halogens is 1. The van der Waals surface area contributed by atoms with Crippen molar-refractivity contribution in [2.24, 2.45) is 23.7 Å². The summed E-state index contributed by atoms with van der Waals surface area (Å²) in [4.78, 5) is 11.7. The minimum absolute atomic E-state index is 0.326. The summed E-state index contributed by atoms with van der Waals surface area (Å²) >= 11 is 2.18. The van der Waals surface area contributed by atoms with Crippen molar-refractivity contribution in [3.05, 3.63) is 21.8 Å². The van der Waals surface area contributed by atoms with Crippen LogP contribution >= 0.6 is 22.6 Å². The fourth-order valence-electron chi connectivity index (χ4n) is 2.87. The monoisotopic (exact) mass is 272 g/mol. The lowest BCUT2D eigenvalue weighted by atomic mass is 9.85. The van der Waals surface area contributed by atoms with Gasteiger partial charge in [0.25, 0.3) is 0 Å². The normalized spacial score (nSPS) is 48.4. The number of ketones is 1. The minimum Gasteiger partial charge on any atom is -0.293 e. The van der Waals surface area contributed by atoms with Crippen molar-refractivity contribution < 1.29 is 4.79 Å². The van der Waals surface area contributed by atoms with Gasteiger partial charge in [0.15, 0.2) is 5.78 Å². The maximum absolute atomic E-state index is 11.7. The third-order valence-corrected chi connectivity index (χ3v) is 4.29. The molecule has 0 heterocycles. The van der Waals surface area contributed by atoms with Crippen LogP contribution in [0.4, 0.5) is 0 Å². The second-order valence-corrected chi connectivity index (χ2v) is 5.09. The molecular formula is C10H9IO. The van der Waals surface area contributed by atoms with Gasteiger partial charge in [-0.3, -0.25) is 4.79 Å². The molecule has 0 radical (unpaired) electrons. The van der Waals surface area contributed by atoms with Crippen molar-refractivity contribution in [2.45, 2.75) is 6.42 Å². The van der Waals surface area contributed by atoms with Crippen molar-refractivity contribution in [3.8, 4) is 0 Å². The van der Waals surface area contributed by atoms with E-state index in [1.807, 2.05) is 0 Å². The molecule has 3 aliphatic carbocycles. The zero-order chi connectivity index (χ0) is 8.29. The molecule has 0 saturated heterocycles. The van der Waals surface area contributed by atoms with Crippen LogP contribution in [0.3, 0.4) is 0 Å². The van der Waals surface area contributed by atoms with Gasteiger partial charge in [-0.15, -0.1) is 0 Å². The summed E-state index contributed by atoms with van der Waals surface area (Å²) < 4.78 is 0.973. The first-order valence-corrected chi connectivity index (χ1v) is 5.45. The molecule has 0 aliphatic heterocycles. The van der Waals surface area contributed by atoms with Crippen LogP contribution in [0.5, 0.6) is 0 Å². The lowest BCUT2D eigenvalue weighted by Crippen LogP contribution is -2.20. The van der Waals surface area contributed by atoms with Crippen LogP contribution in [0.2, 0.25) is 0 Å². The van der Waals surface area contributed by atoms with Gasteiger partial charge in [-0.2, -0.15) is 0 Å². The van der Waals surface area contributed by atoms with E-state index in [9.17, 15) is 4.79 Å². The van der Waals surface area contributed by atoms with E-state index >= 15 is 0 Å². The number of rotatable bonds is 0. The van der Waals surface area contributed by atoms with Crippen LogP contribution < -0.4 is 0 Å². The lowest BCUT2D eigenvalue weighted by molar-refractivity contribution is -0.118. The summed E-state index contributed by atoms with van der Waals surface area (Å²) in [6, 6.07) is 0. The van der Waals surface area contributed by atoms with Gasteiger partial charge < -0.3 is 0 Å². The quantitative estimate of drug-likeness (QED) is 0.488. The molecule has 12 heavy (non-hydrogen) atoms. The highest BCUT2D eigenvalue weighted by Crippen LogP contribution is 2.53. The van der Waals surface area contributed by atoms with Gasteiger partial charge >= 0.3 is 0 Å². The average Bonchev–Trinajstić information content (AvgIpc) is 2.66. The van der Waals surface area contributed by atoms with Gasteiger partial charge in [-0.1, -0.05) is 18.2 Å². The standard InChI is InChI=1S/C10H9IO/c11-8-4-7-5-1-2-6(3-5)9(7)10(8)12/h1-2,4-7,9H,3H2. The van der Waals surface area contributed by atoms with Crippen LogP contribution in [0, 0.1) is 23.7 Å². The summed E-state index contributed by atoms with van der Waals surface area (Å²) in [5.41, 5.74) is 0. The highest BCUT2D eigenvalue weighted by atomic mass is 127. The van der Waals surface area contributed by atoms with E-state index < -0.39 is 0 Å². The average molecular weight is 272 g/mol. The van der Waals surface area contributed by atoms with Gasteiger partial charge in [0.1, 0.15) is 0 Å². The molecule has 2 heteroatoms. The maximum Gasteiger partial charge on any atom is 0.172 e. The van der Waals surface area contributed by atoms with Crippen molar-refractivity contribution >= 4 is 28.4 Å². The Morgan fingerprint density at radius 2 is 2.08 bits per heavy atom. The topological polar surface area (TPSA) is 17.1 Å². The predicted molar refractivity (Wildman–Crippen MR) is 54.8 cm³/mol. The molecule has 0 amide bonds. The predicted octanol–water partition coefficient (Wildman–Crippen LogP) is 2.33. The number of carbonyl (C=O) groups is 1. The van der Waals surface area contributed by atoms with Crippen LogP contribution in [0.1, 0.15) is 6.42 Å². The van der Waals surface area contributed by atoms with E-state index in [1.54, 1.807) is 0 Å². The second kappa shape index (κ2) is 2.22. The summed E-state index contributed by atoms with van der Waals surface area (Å²) in [6.07, 6.45) is 7.95. The van der Waals surface area contributed by atoms with Gasteiger partial charge in [-0.25, -0.2) is 0 Å². The van der Waals surface area contributed by atoms with Crippen molar-refractivity contribution in [1.82, 2.24) is 0 Å². The Bertz CT molecular complexity index is 316. The number of Topliss-reactive ketones (excluding diaryl/α,β-unsaturated/α-hetero) is 1. The van der Waals surface area contributed by atoms with E-state index in [0.717, 1.165) is 3.58 Å². The Labute approximate surface area is 85.1 Å². The molecule has 4 atom stereocenters. The molecule has 62 valence electrons. The Balaban J connectivity index is 2.07. The zero-order valence-corrected chi connectivity index (χ0v) is 8.69. The van der Waals surface area contributed by atoms with Crippen molar-refractivity contribution in [2.75, 3.05) is 0 Å². The Morgan fingerprint density at radius 1 is 1.33 bits per heavy atom. The summed E-state index contributed by atoms with van der Waals surface area (Å²) in [6.45, 7) is 0. The molecule has 2 bridgehead atoms. The van der Waals surface area contributed by atoms with E-state index in [0.29, 0.717) is 29.5 Å². The summed E-state index contributed by atoms with van der Waals surface area (Å²) in [7, 11) is 0. The van der Waals surface area contributed by atoms with Gasteiger partial charge in [0, 0.05) is 5.92 Å². The number of hydrogen-bond donors (Lipinski definition) is 0. The number of carbonyl (C=O) groups excluding carboxylic acids is 1. The fourth-order valence-corrected chi connectivity index (χ4v) is 3.64. The highest BCUT2D eigenvalue weighted by Gasteiger charge is 2.50. The van der Waals surface area contributed by atoms with Crippen LogP contribution in [-0.2, 0) is 4.79 Å². The molecule has 1 saturated carbocycles. The molecule has 3 rings (SSSR count). The first-order chi connectivity index (χ1) is 5.77. The van der Waals surface area contributed by atoms with Crippen LogP contribution in [0.15, 0.2) is 21.8 Å². The van der Waals surface area contributed by atoms with Crippen molar-refractivity contribution in [3.63, 3.8) is 0 Å². The largest absolute Gasteiger partial charge is 0.293 e. The first-order valence-electron chi connectivity index (χ1n) is 4.37. The molecule has 0 spiro atoms. The minimum atomic E-state index is 0.326. The van der Waals surface area contributed by atoms with E-state index in [2.05, 4.69) is 40.8 Å². The molecular weight excluding hydrogens is 263 g/mol. The first kappa shape index (κ1) is 7.30. The molecule has 0 N–H and O–H groups in total. The third-order valence-electron chi connectivity index (χ3n) is 3.40. The number of fused-ring (bicyclic) bond motifs is 5. The highest BCUT2D eigenvalue weighted by molar-refractivity contribution is 14.1. The second-order valence-electron chi connectivity index (χ2n) is 3.93.